The first-order chi connectivity index (χ1) is 11.0. The van der Waals surface area contributed by atoms with Crippen LogP contribution in [0, 0.1) is 5.82 Å². The zero-order valence-electron chi connectivity index (χ0n) is 13.1. The molecule has 0 fully saturated rings. The highest BCUT2D eigenvalue weighted by Gasteiger charge is 2.19. The molecule has 23 heavy (non-hydrogen) atoms. The number of amides is 2. The number of benzene rings is 1. The lowest BCUT2D eigenvalue weighted by Crippen LogP contribution is -2.33. The SMILES string of the molecule is CC(c1ccccc1F)N(C)C(=O)CCNC(=O)c1cccs1. The van der Waals surface area contributed by atoms with E-state index in [0.29, 0.717) is 10.4 Å². The van der Waals surface area contributed by atoms with E-state index in [4.69, 9.17) is 0 Å². The maximum absolute atomic E-state index is 13.8. The van der Waals surface area contributed by atoms with Crippen molar-refractivity contribution < 1.29 is 14.0 Å². The van der Waals surface area contributed by atoms with Crippen molar-refractivity contribution in [1.82, 2.24) is 10.2 Å². The highest BCUT2D eigenvalue weighted by Crippen LogP contribution is 2.21. The highest BCUT2D eigenvalue weighted by molar-refractivity contribution is 7.12. The van der Waals surface area contributed by atoms with Gasteiger partial charge in [0.2, 0.25) is 5.91 Å². The summed E-state index contributed by atoms with van der Waals surface area (Å²) in [5.74, 6) is -0.657. The average molecular weight is 334 g/mol. The Balaban J connectivity index is 1.85. The molecule has 1 unspecified atom stereocenters. The second-order valence-corrected chi connectivity index (χ2v) is 6.13. The average Bonchev–Trinajstić information content (AvgIpc) is 3.08. The summed E-state index contributed by atoms with van der Waals surface area (Å²) in [6.45, 7) is 2.03. The number of rotatable bonds is 6. The molecule has 1 heterocycles. The fourth-order valence-corrected chi connectivity index (χ4v) is 2.83. The van der Waals surface area contributed by atoms with Crippen molar-refractivity contribution in [2.45, 2.75) is 19.4 Å². The van der Waals surface area contributed by atoms with Crippen LogP contribution in [0.5, 0.6) is 0 Å². The minimum absolute atomic E-state index is 0.146. The molecule has 2 amide bonds. The van der Waals surface area contributed by atoms with Crippen LogP contribution in [-0.2, 0) is 4.79 Å². The number of nitrogens with one attached hydrogen (secondary N) is 1. The van der Waals surface area contributed by atoms with E-state index < -0.39 is 0 Å². The number of halogens is 1. The number of carbonyl (C=O) groups excluding carboxylic acids is 2. The molecule has 1 atom stereocenters. The molecule has 4 nitrogen and oxygen atoms in total. The Morgan fingerprint density at radius 2 is 2.00 bits per heavy atom. The van der Waals surface area contributed by atoms with Gasteiger partial charge in [-0.2, -0.15) is 0 Å². The van der Waals surface area contributed by atoms with E-state index in [1.54, 1.807) is 44.3 Å². The van der Waals surface area contributed by atoms with Gasteiger partial charge in [0.15, 0.2) is 0 Å². The minimum Gasteiger partial charge on any atom is -0.351 e. The molecule has 2 rings (SSSR count). The van der Waals surface area contributed by atoms with Crippen molar-refractivity contribution in [3.8, 4) is 0 Å². The van der Waals surface area contributed by atoms with Crippen LogP contribution in [0.3, 0.4) is 0 Å². The Bertz CT molecular complexity index is 673. The third-order valence-electron chi connectivity index (χ3n) is 3.70. The third-order valence-corrected chi connectivity index (χ3v) is 4.57. The number of hydrogen-bond acceptors (Lipinski definition) is 3. The van der Waals surface area contributed by atoms with Crippen molar-refractivity contribution >= 4 is 23.2 Å². The first-order valence-corrected chi connectivity index (χ1v) is 8.20. The summed E-state index contributed by atoms with van der Waals surface area (Å²) in [5.41, 5.74) is 0.478. The Morgan fingerprint density at radius 1 is 1.26 bits per heavy atom. The van der Waals surface area contributed by atoms with Crippen molar-refractivity contribution in [2.24, 2.45) is 0 Å². The Labute approximate surface area is 138 Å². The van der Waals surface area contributed by atoms with E-state index in [9.17, 15) is 14.0 Å². The Hall–Kier alpha value is -2.21. The smallest absolute Gasteiger partial charge is 0.261 e. The van der Waals surface area contributed by atoms with Gasteiger partial charge in [0.25, 0.3) is 5.91 Å². The molecule has 0 aliphatic carbocycles. The summed E-state index contributed by atoms with van der Waals surface area (Å²) in [4.78, 5) is 26.1. The van der Waals surface area contributed by atoms with Crippen LogP contribution in [0.1, 0.15) is 34.6 Å². The van der Waals surface area contributed by atoms with Gasteiger partial charge < -0.3 is 10.2 Å². The molecular formula is C17H19FN2O2S. The Morgan fingerprint density at radius 3 is 2.65 bits per heavy atom. The summed E-state index contributed by atoms with van der Waals surface area (Å²) in [6.07, 6.45) is 0.173. The van der Waals surface area contributed by atoms with E-state index in [2.05, 4.69) is 5.32 Å². The van der Waals surface area contributed by atoms with E-state index in [1.165, 1.54) is 22.3 Å². The predicted octanol–water partition coefficient (Wildman–Crippen LogP) is 3.23. The van der Waals surface area contributed by atoms with E-state index in [1.807, 2.05) is 5.38 Å². The minimum atomic E-state index is -0.364. The lowest BCUT2D eigenvalue weighted by Gasteiger charge is -2.25. The molecule has 122 valence electrons. The molecule has 0 spiro atoms. The highest BCUT2D eigenvalue weighted by atomic mass is 32.1. The fraction of sp³-hybridized carbons (Fsp3) is 0.294. The topological polar surface area (TPSA) is 49.4 Å². The second-order valence-electron chi connectivity index (χ2n) is 5.19. The molecule has 0 saturated carbocycles. The number of thiophene rings is 1. The standard InChI is InChI=1S/C17H19FN2O2S/c1-12(13-6-3-4-7-14(13)18)20(2)16(21)9-10-19-17(22)15-8-5-11-23-15/h3-8,11-12H,9-10H2,1-2H3,(H,19,22). The first kappa shape index (κ1) is 17.1. The van der Waals surface area contributed by atoms with Crippen LogP contribution >= 0.6 is 11.3 Å². The van der Waals surface area contributed by atoms with Gasteiger partial charge in [0.05, 0.1) is 10.9 Å². The van der Waals surface area contributed by atoms with Gasteiger partial charge in [-0.1, -0.05) is 24.3 Å². The normalized spacial score (nSPS) is 11.8. The summed E-state index contributed by atoms with van der Waals surface area (Å²) in [6, 6.07) is 9.58. The molecule has 0 aliphatic heterocycles. The summed E-state index contributed by atoms with van der Waals surface area (Å²) in [7, 11) is 1.64. The largest absolute Gasteiger partial charge is 0.351 e. The van der Waals surface area contributed by atoms with Gasteiger partial charge in [-0.05, 0) is 24.4 Å². The molecule has 0 bridgehead atoms. The van der Waals surface area contributed by atoms with Crippen molar-refractivity contribution in [3.05, 3.63) is 58.0 Å². The maximum Gasteiger partial charge on any atom is 0.261 e. The number of hydrogen-bond donors (Lipinski definition) is 1. The van der Waals surface area contributed by atoms with E-state index >= 15 is 0 Å². The predicted molar refractivity (Wildman–Crippen MR) is 88.9 cm³/mol. The van der Waals surface area contributed by atoms with E-state index in [0.717, 1.165) is 0 Å². The Kier molecular flexibility index (Phi) is 5.87. The van der Waals surface area contributed by atoms with Gasteiger partial charge in [-0.3, -0.25) is 9.59 Å². The van der Waals surface area contributed by atoms with Gasteiger partial charge >= 0.3 is 0 Å². The van der Waals surface area contributed by atoms with E-state index in [-0.39, 0.29) is 36.6 Å². The van der Waals surface area contributed by atoms with Crippen LogP contribution in [0.15, 0.2) is 41.8 Å². The fourth-order valence-electron chi connectivity index (χ4n) is 2.19. The second kappa shape index (κ2) is 7.87. The number of carbonyl (C=O) groups is 2. The molecular weight excluding hydrogens is 315 g/mol. The molecule has 0 radical (unpaired) electrons. The quantitative estimate of drug-likeness (QED) is 0.882. The van der Waals surface area contributed by atoms with Gasteiger partial charge in [0.1, 0.15) is 5.82 Å². The van der Waals surface area contributed by atoms with Crippen molar-refractivity contribution in [1.29, 1.82) is 0 Å². The molecule has 1 aromatic carbocycles. The lowest BCUT2D eigenvalue weighted by atomic mass is 10.1. The van der Waals surface area contributed by atoms with Crippen LogP contribution in [0.25, 0.3) is 0 Å². The molecule has 0 saturated heterocycles. The zero-order chi connectivity index (χ0) is 16.8. The van der Waals surface area contributed by atoms with Gasteiger partial charge in [0, 0.05) is 25.6 Å². The molecule has 0 aliphatic rings. The zero-order valence-corrected chi connectivity index (χ0v) is 13.9. The van der Waals surface area contributed by atoms with Crippen LogP contribution in [0.2, 0.25) is 0 Å². The van der Waals surface area contributed by atoms with Crippen LogP contribution < -0.4 is 5.32 Å². The van der Waals surface area contributed by atoms with Crippen LogP contribution in [0.4, 0.5) is 4.39 Å². The van der Waals surface area contributed by atoms with Crippen molar-refractivity contribution in [2.75, 3.05) is 13.6 Å². The molecule has 1 aromatic heterocycles. The summed E-state index contributed by atoms with van der Waals surface area (Å²) in [5, 5.41) is 4.53. The summed E-state index contributed by atoms with van der Waals surface area (Å²) < 4.78 is 13.8. The number of nitrogens with zero attached hydrogens (tertiary/aromatic N) is 1. The first-order valence-electron chi connectivity index (χ1n) is 7.32. The molecule has 1 N–H and O–H groups in total. The van der Waals surface area contributed by atoms with Crippen LogP contribution in [-0.4, -0.2) is 30.3 Å². The monoisotopic (exact) mass is 334 g/mol. The lowest BCUT2D eigenvalue weighted by molar-refractivity contribution is -0.131. The summed E-state index contributed by atoms with van der Waals surface area (Å²) >= 11 is 1.35. The third kappa shape index (κ3) is 4.39. The van der Waals surface area contributed by atoms with Crippen molar-refractivity contribution in [3.63, 3.8) is 0 Å². The van der Waals surface area contributed by atoms with Gasteiger partial charge in [-0.15, -0.1) is 11.3 Å². The molecule has 2 aromatic rings. The van der Waals surface area contributed by atoms with Gasteiger partial charge in [-0.25, -0.2) is 4.39 Å². The maximum atomic E-state index is 13.8. The molecule has 6 heteroatoms.